The molecule has 4 nitrogen and oxygen atoms in total. The summed E-state index contributed by atoms with van der Waals surface area (Å²) in [6.45, 7) is 4.52. The lowest BCUT2D eigenvalue weighted by molar-refractivity contribution is -0.142. The summed E-state index contributed by atoms with van der Waals surface area (Å²) in [4.78, 5) is 22.1. The Morgan fingerprint density at radius 3 is 2.68 bits per heavy atom. The van der Waals surface area contributed by atoms with Gasteiger partial charge in [0.1, 0.15) is 5.75 Å². The minimum absolute atomic E-state index is 0.220. The van der Waals surface area contributed by atoms with Crippen LogP contribution in [0.5, 0.6) is 5.75 Å². The van der Waals surface area contributed by atoms with Gasteiger partial charge in [0.05, 0.1) is 25.2 Å². The lowest BCUT2D eigenvalue weighted by Crippen LogP contribution is -2.01. The largest absolute Gasteiger partial charge is 0.493 e. The van der Waals surface area contributed by atoms with Crippen LogP contribution in [0.1, 0.15) is 36.2 Å². The molecular weight excluding hydrogens is 244 g/mol. The highest BCUT2D eigenvalue weighted by atomic mass is 16.5. The van der Waals surface area contributed by atoms with Crippen molar-refractivity contribution >= 4 is 18.3 Å². The molecule has 0 aliphatic heterocycles. The highest BCUT2D eigenvalue weighted by molar-refractivity contribution is 5.81. The summed E-state index contributed by atoms with van der Waals surface area (Å²) in [6, 6.07) is 5.30. The fraction of sp³-hybridized carbons (Fsp3) is 0.333. The summed E-state index contributed by atoms with van der Waals surface area (Å²) in [7, 11) is 0. The Kier molecular flexibility index (Phi) is 6.36. The number of esters is 1. The first-order valence-electron chi connectivity index (χ1n) is 6.25. The first-order valence-corrected chi connectivity index (χ1v) is 6.25. The van der Waals surface area contributed by atoms with E-state index in [9.17, 15) is 9.59 Å². The Bertz CT molecular complexity index is 463. The van der Waals surface area contributed by atoms with Gasteiger partial charge in [0, 0.05) is 0 Å². The van der Waals surface area contributed by atoms with Gasteiger partial charge in [-0.1, -0.05) is 18.2 Å². The fourth-order valence-corrected chi connectivity index (χ4v) is 1.56. The summed E-state index contributed by atoms with van der Waals surface area (Å²) in [5, 5.41) is 0. The predicted octanol–water partition coefficient (Wildman–Crippen LogP) is 2.86. The Balaban J connectivity index is 2.71. The van der Waals surface area contributed by atoms with Gasteiger partial charge in [-0.2, -0.15) is 0 Å². The molecule has 0 amide bonds. The van der Waals surface area contributed by atoms with Gasteiger partial charge in [-0.25, -0.2) is 0 Å². The Hall–Kier alpha value is -2.10. The van der Waals surface area contributed by atoms with E-state index < -0.39 is 0 Å². The van der Waals surface area contributed by atoms with Gasteiger partial charge < -0.3 is 9.47 Å². The average molecular weight is 262 g/mol. The summed E-state index contributed by atoms with van der Waals surface area (Å²) >= 11 is 0. The summed E-state index contributed by atoms with van der Waals surface area (Å²) in [5.74, 6) is 0.306. The first-order chi connectivity index (χ1) is 9.21. The Morgan fingerprint density at radius 2 is 2.05 bits per heavy atom. The maximum atomic E-state index is 11.1. The number of rotatable bonds is 7. The third kappa shape index (κ3) is 4.95. The SMILES string of the molecule is CCOC(=O)CC=Cc1ccc(OCC)c(C=O)c1. The van der Waals surface area contributed by atoms with Crippen LogP contribution in [0, 0.1) is 0 Å². The second-order valence-electron chi connectivity index (χ2n) is 3.76. The van der Waals surface area contributed by atoms with Crippen molar-refractivity contribution in [3.8, 4) is 5.75 Å². The van der Waals surface area contributed by atoms with E-state index in [4.69, 9.17) is 9.47 Å². The molecule has 4 heteroatoms. The van der Waals surface area contributed by atoms with Crippen LogP contribution in [0.3, 0.4) is 0 Å². The molecule has 0 saturated carbocycles. The highest BCUT2D eigenvalue weighted by Crippen LogP contribution is 2.19. The van der Waals surface area contributed by atoms with Gasteiger partial charge in [0.15, 0.2) is 6.29 Å². The van der Waals surface area contributed by atoms with E-state index in [2.05, 4.69) is 0 Å². The van der Waals surface area contributed by atoms with Crippen LogP contribution in [0.25, 0.3) is 6.08 Å². The molecule has 0 spiro atoms. The molecule has 0 saturated heterocycles. The van der Waals surface area contributed by atoms with Crippen LogP contribution in [0.15, 0.2) is 24.3 Å². The molecule has 1 rings (SSSR count). The van der Waals surface area contributed by atoms with E-state index >= 15 is 0 Å². The van der Waals surface area contributed by atoms with E-state index in [1.54, 1.807) is 31.2 Å². The first kappa shape index (κ1) is 15.0. The third-order valence-electron chi connectivity index (χ3n) is 2.36. The second-order valence-corrected chi connectivity index (χ2v) is 3.76. The molecule has 102 valence electrons. The molecule has 0 aromatic heterocycles. The molecular formula is C15H18O4. The number of aldehydes is 1. The molecule has 0 atom stereocenters. The maximum absolute atomic E-state index is 11.1. The molecule has 0 N–H and O–H groups in total. The maximum Gasteiger partial charge on any atom is 0.309 e. The standard InChI is InChI=1S/C15H18O4/c1-3-18-14-9-8-12(10-13(14)11-16)6-5-7-15(17)19-4-2/h5-6,8-11H,3-4,7H2,1-2H3. The minimum atomic E-state index is -0.264. The number of ether oxygens (including phenoxy) is 2. The van der Waals surface area contributed by atoms with Gasteiger partial charge in [-0.15, -0.1) is 0 Å². The fourth-order valence-electron chi connectivity index (χ4n) is 1.56. The summed E-state index contributed by atoms with van der Waals surface area (Å²) in [5.41, 5.74) is 1.34. The van der Waals surface area contributed by atoms with Gasteiger partial charge in [0.25, 0.3) is 0 Å². The van der Waals surface area contributed by atoms with Crippen molar-refractivity contribution < 1.29 is 19.1 Å². The number of benzene rings is 1. The normalized spacial score (nSPS) is 10.4. The molecule has 0 bridgehead atoms. The van der Waals surface area contributed by atoms with Crippen LogP contribution in [0.4, 0.5) is 0 Å². The van der Waals surface area contributed by atoms with Crippen molar-refractivity contribution in [1.82, 2.24) is 0 Å². The van der Waals surface area contributed by atoms with Crippen molar-refractivity contribution in [2.45, 2.75) is 20.3 Å². The third-order valence-corrected chi connectivity index (χ3v) is 2.36. The van der Waals surface area contributed by atoms with Crippen molar-refractivity contribution in [3.63, 3.8) is 0 Å². The van der Waals surface area contributed by atoms with E-state index in [0.717, 1.165) is 11.8 Å². The van der Waals surface area contributed by atoms with Gasteiger partial charge in [0.2, 0.25) is 0 Å². The van der Waals surface area contributed by atoms with Crippen LogP contribution in [-0.4, -0.2) is 25.5 Å². The molecule has 1 aromatic carbocycles. The van der Waals surface area contributed by atoms with Crippen LogP contribution in [0.2, 0.25) is 0 Å². The van der Waals surface area contributed by atoms with Crippen molar-refractivity contribution in [2.24, 2.45) is 0 Å². The smallest absolute Gasteiger partial charge is 0.309 e. The number of carbonyl (C=O) groups excluding carboxylic acids is 2. The second kappa shape index (κ2) is 8.08. The molecule has 1 aromatic rings. The zero-order valence-corrected chi connectivity index (χ0v) is 11.2. The quantitative estimate of drug-likeness (QED) is 0.560. The van der Waals surface area contributed by atoms with E-state index in [-0.39, 0.29) is 12.4 Å². The van der Waals surface area contributed by atoms with E-state index in [1.165, 1.54) is 0 Å². The van der Waals surface area contributed by atoms with Crippen LogP contribution >= 0.6 is 0 Å². The Labute approximate surface area is 113 Å². The van der Waals surface area contributed by atoms with Gasteiger partial charge in [-0.05, 0) is 31.5 Å². The van der Waals surface area contributed by atoms with Crippen molar-refractivity contribution in [1.29, 1.82) is 0 Å². The zero-order chi connectivity index (χ0) is 14.1. The highest BCUT2D eigenvalue weighted by Gasteiger charge is 2.03. The summed E-state index contributed by atoms with van der Waals surface area (Å²) < 4.78 is 10.1. The molecule has 0 aliphatic carbocycles. The molecule has 19 heavy (non-hydrogen) atoms. The zero-order valence-electron chi connectivity index (χ0n) is 11.2. The number of hydrogen-bond acceptors (Lipinski definition) is 4. The molecule has 0 unspecified atom stereocenters. The van der Waals surface area contributed by atoms with E-state index in [1.807, 2.05) is 13.0 Å². The monoisotopic (exact) mass is 262 g/mol. The van der Waals surface area contributed by atoms with Crippen LogP contribution < -0.4 is 4.74 Å². The lowest BCUT2D eigenvalue weighted by atomic mass is 10.1. The van der Waals surface area contributed by atoms with Crippen molar-refractivity contribution in [2.75, 3.05) is 13.2 Å². The summed E-state index contributed by atoms with van der Waals surface area (Å²) in [6.07, 6.45) is 4.47. The topological polar surface area (TPSA) is 52.6 Å². The molecule has 0 fully saturated rings. The molecule has 0 aliphatic rings. The minimum Gasteiger partial charge on any atom is -0.493 e. The van der Waals surface area contributed by atoms with Gasteiger partial charge in [-0.3, -0.25) is 9.59 Å². The molecule has 0 heterocycles. The van der Waals surface area contributed by atoms with Crippen molar-refractivity contribution in [3.05, 3.63) is 35.4 Å². The number of carbonyl (C=O) groups is 2. The predicted molar refractivity (Wildman–Crippen MR) is 73.3 cm³/mol. The van der Waals surface area contributed by atoms with Gasteiger partial charge >= 0.3 is 5.97 Å². The van der Waals surface area contributed by atoms with Crippen LogP contribution in [-0.2, 0) is 9.53 Å². The lowest BCUT2D eigenvalue weighted by Gasteiger charge is -2.06. The Morgan fingerprint density at radius 1 is 1.26 bits per heavy atom. The van der Waals surface area contributed by atoms with E-state index in [0.29, 0.717) is 24.5 Å². The average Bonchev–Trinajstić information content (AvgIpc) is 2.41. The molecule has 0 radical (unpaired) electrons. The number of hydrogen-bond donors (Lipinski definition) is 0.